The van der Waals surface area contributed by atoms with Crippen molar-refractivity contribution in [2.24, 2.45) is 0 Å². The van der Waals surface area contributed by atoms with Crippen LogP contribution in [-0.2, 0) is 20.9 Å². The molecule has 1 N–H and O–H groups in total. The van der Waals surface area contributed by atoms with E-state index in [1.54, 1.807) is 6.92 Å². The van der Waals surface area contributed by atoms with Crippen molar-refractivity contribution >= 4 is 17.6 Å². The van der Waals surface area contributed by atoms with Crippen LogP contribution < -0.4 is 0 Å². The summed E-state index contributed by atoms with van der Waals surface area (Å²) in [6.45, 7) is 10.1. The predicted molar refractivity (Wildman–Crippen MR) is 110 cm³/mol. The number of nitro benzene ring substituents is 1. The molecule has 2 rings (SSSR count). The molecule has 0 aromatic heterocycles. The molecule has 1 atom stereocenters. The number of carbonyl (C=O) groups excluding carboxylic acids is 2. The SMILES string of the molecule is CC/C(O)=C(/C(=O)OCc1ccc([N+](=O)[O-])cc1)N1C(=O)CC1[N+](CC)(CC)CC. The topological polar surface area (TPSA) is 110 Å². The van der Waals surface area contributed by atoms with Gasteiger partial charge in [-0.2, -0.15) is 0 Å². The average molecular weight is 420 g/mol. The number of non-ortho nitro benzene ring substituents is 1. The van der Waals surface area contributed by atoms with Crippen LogP contribution in [0.3, 0.4) is 0 Å². The van der Waals surface area contributed by atoms with E-state index >= 15 is 0 Å². The maximum Gasteiger partial charge on any atom is 0.359 e. The molecule has 1 aromatic rings. The number of hydrogen-bond acceptors (Lipinski definition) is 6. The van der Waals surface area contributed by atoms with Crippen molar-refractivity contribution in [1.82, 2.24) is 4.90 Å². The summed E-state index contributed by atoms with van der Waals surface area (Å²) in [4.78, 5) is 37.0. The Kier molecular flexibility index (Phi) is 7.55. The Morgan fingerprint density at radius 1 is 1.20 bits per heavy atom. The number of likely N-dealkylation sites (tertiary alicyclic amines) is 1. The van der Waals surface area contributed by atoms with Gasteiger partial charge in [0, 0.05) is 18.6 Å². The summed E-state index contributed by atoms with van der Waals surface area (Å²) in [6, 6.07) is 5.65. The fourth-order valence-corrected chi connectivity index (χ4v) is 3.87. The molecule has 0 bridgehead atoms. The number of esters is 1. The molecule has 0 spiro atoms. The Morgan fingerprint density at radius 2 is 1.77 bits per heavy atom. The molecule has 1 fully saturated rings. The number of amides is 1. The molecule has 0 radical (unpaired) electrons. The van der Waals surface area contributed by atoms with Gasteiger partial charge in [-0.05, 0) is 38.5 Å². The van der Waals surface area contributed by atoms with E-state index < -0.39 is 10.9 Å². The Labute approximate surface area is 176 Å². The molecule has 1 aliphatic heterocycles. The Morgan fingerprint density at radius 3 is 2.20 bits per heavy atom. The Hall–Kier alpha value is -2.94. The molecule has 1 unspecified atom stereocenters. The van der Waals surface area contributed by atoms with Crippen molar-refractivity contribution < 1.29 is 28.8 Å². The summed E-state index contributed by atoms with van der Waals surface area (Å²) in [5.41, 5.74) is 0.395. The van der Waals surface area contributed by atoms with Crippen LogP contribution in [0.5, 0.6) is 0 Å². The quantitative estimate of drug-likeness (QED) is 0.118. The maximum atomic E-state index is 12.9. The second kappa shape index (κ2) is 9.71. The highest BCUT2D eigenvalue weighted by molar-refractivity contribution is 5.97. The predicted octanol–water partition coefficient (Wildman–Crippen LogP) is 3.25. The zero-order chi connectivity index (χ0) is 22.5. The summed E-state index contributed by atoms with van der Waals surface area (Å²) >= 11 is 0. The van der Waals surface area contributed by atoms with Crippen molar-refractivity contribution in [1.29, 1.82) is 0 Å². The number of ether oxygens (including phenoxy) is 1. The van der Waals surface area contributed by atoms with Crippen LogP contribution in [0.15, 0.2) is 35.7 Å². The minimum Gasteiger partial charge on any atom is -0.510 e. The van der Waals surface area contributed by atoms with Crippen molar-refractivity contribution in [3.63, 3.8) is 0 Å². The van der Waals surface area contributed by atoms with Gasteiger partial charge in [0.2, 0.25) is 5.91 Å². The fraction of sp³-hybridized carbons (Fsp3) is 0.524. The highest BCUT2D eigenvalue weighted by atomic mass is 16.6. The third-order valence-corrected chi connectivity index (χ3v) is 6.01. The molecule has 30 heavy (non-hydrogen) atoms. The molecule has 0 saturated carbocycles. The number of allylic oxidation sites excluding steroid dienone is 1. The van der Waals surface area contributed by atoms with Gasteiger partial charge in [-0.1, -0.05) is 6.92 Å². The molecule has 1 heterocycles. The molecule has 9 heteroatoms. The first-order valence-corrected chi connectivity index (χ1v) is 10.2. The van der Waals surface area contributed by atoms with Gasteiger partial charge < -0.3 is 14.3 Å². The van der Waals surface area contributed by atoms with Gasteiger partial charge in [0.1, 0.15) is 18.8 Å². The average Bonchev–Trinajstić information content (AvgIpc) is 2.76. The lowest BCUT2D eigenvalue weighted by atomic mass is 10.0. The van der Waals surface area contributed by atoms with E-state index in [9.17, 15) is 24.8 Å². The first kappa shape index (κ1) is 23.3. The lowest BCUT2D eigenvalue weighted by molar-refractivity contribution is -0.958. The number of rotatable bonds is 10. The molecule has 164 valence electrons. The first-order valence-electron chi connectivity index (χ1n) is 10.2. The maximum absolute atomic E-state index is 12.9. The van der Waals surface area contributed by atoms with Crippen LogP contribution in [-0.4, -0.2) is 57.1 Å². The Bertz CT molecular complexity index is 821. The molecule has 9 nitrogen and oxygen atoms in total. The second-order valence-electron chi connectivity index (χ2n) is 7.26. The summed E-state index contributed by atoms with van der Waals surface area (Å²) in [5.74, 6) is -1.20. The zero-order valence-corrected chi connectivity index (χ0v) is 18.0. The molecule has 0 aliphatic carbocycles. The number of hydrogen-bond donors (Lipinski definition) is 1. The minimum atomic E-state index is -0.785. The lowest BCUT2D eigenvalue weighted by Gasteiger charge is -2.52. The van der Waals surface area contributed by atoms with E-state index in [-0.39, 0.29) is 42.2 Å². The van der Waals surface area contributed by atoms with Crippen molar-refractivity contribution in [2.45, 2.75) is 53.3 Å². The number of quaternary nitrogens is 1. The van der Waals surface area contributed by atoms with E-state index in [0.29, 0.717) is 16.5 Å². The van der Waals surface area contributed by atoms with Crippen LogP contribution >= 0.6 is 0 Å². The smallest absolute Gasteiger partial charge is 0.359 e. The van der Waals surface area contributed by atoms with Gasteiger partial charge in [0.05, 0.1) is 24.6 Å². The number of nitro groups is 1. The highest BCUT2D eigenvalue weighted by Gasteiger charge is 2.52. The first-order chi connectivity index (χ1) is 14.2. The Balaban J connectivity index is 2.24. The lowest BCUT2D eigenvalue weighted by Crippen LogP contribution is -2.70. The number of aliphatic hydroxyl groups is 1. The van der Waals surface area contributed by atoms with Crippen LogP contribution in [0, 0.1) is 10.1 Å². The van der Waals surface area contributed by atoms with Crippen molar-refractivity contribution in [3.05, 3.63) is 51.4 Å². The van der Waals surface area contributed by atoms with E-state index in [1.165, 1.54) is 29.2 Å². The summed E-state index contributed by atoms with van der Waals surface area (Å²) in [7, 11) is 0. The zero-order valence-electron chi connectivity index (χ0n) is 18.0. The summed E-state index contributed by atoms with van der Waals surface area (Å²) in [6.07, 6.45) is 0.266. The molecule has 1 amide bonds. The van der Waals surface area contributed by atoms with E-state index in [4.69, 9.17) is 4.74 Å². The number of benzene rings is 1. The molecule has 1 saturated heterocycles. The number of carbonyl (C=O) groups is 2. The third kappa shape index (κ3) is 4.46. The standard InChI is InChI=1S/C21H29N3O6/c1-5-17(25)20(22-18(13-19(22)26)24(6-2,7-3)8-4)21(27)30-14-15-9-11-16(12-10-15)23(28)29/h9-12,18H,5-8,13-14H2,1-4H3/p+1. The largest absolute Gasteiger partial charge is 0.510 e. The normalized spacial score (nSPS) is 17.3. The molecule has 1 aromatic carbocycles. The monoisotopic (exact) mass is 420 g/mol. The van der Waals surface area contributed by atoms with Crippen molar-refractivity contribution in [2.75, 3.05) is 19.6 Å². The summed E-state index contributed by atoms with van der Waals surface area (Å²) in [5, 5.41) is 21.2. The van der Waals surface area contributed by atoms with Gasteiger partial charge in [-0.3, -0.25) is 19.8 Å². The second-order valence-corrected chi connectivity index (χ2v) is 7.26. The number of β-lactam (4-membered cyclic amide) rings is 1. The highest BCUT2D eigenvalue weighted by Crippen LogP contribution is 2.34. The number of nitrogens with zero attached hydrogens (tertiary/aromatic N) is 3. The van der Waals surface area contributed by atoms with Gasteiger partial charge in [0.15, 0.2) is 11.9 Å². The van der Waals surface area contributed by atoms with Gasteiger partial charge in [-0.15, -0.1) is 0 Å². The third-order valence-electron chi connectivity index (χ3n) is 6.01. The van der Waals surface area contributed by atoms with Crippen molar-refractivity contribution in [3.8, 4) is 0 Å². The summed E-state index contributed by atoms with van der Waals surface area (Å²) < 4.78 is 5.98. The van der Waals surface area contributed by atoms with E-state index in [0.717, 1.165) is 19.6 Å². The van der Waals surface area contributed by atoms with Gasteiger partial charge >= 0.3 is 5.97 Å². The van der Waals surface area contributed by atoms with Crippen LogP contribution in [0.25, 0.3) is 0 Å². The van der Waals surface area contributed by atoms with Crippen LogP contribution in [0.4, 0.5) is 5.69 Å². The fourth-order valence-electron chi connectivity index (χ4n) is 3.87. The van der Waals surface area contributed by atoms with E-state index in [1.807, 2.05) is 20.8 Å². The molecular weight excluding hydrogens is 390 g/mol. The minimum absolute atomic E-state index is 0.0592. The van der Waals surface area contributed by atoms with Gasteiger partial charge in [-0.25, -0.2) is 4.79 Å². The molecular formula is C21H30N3O6+. The molecule has 1 aliphatic rings. The van der Waals surface area contributed by atoms with E-state index in [2.05, 4.69) is 0 Å². The number of aliphatic hydroxyl groups excluding tert-OH is 1. The van der Waals surface area contributed by atoms with Gasteiger partial charge in [0.25, 0.3) is 5.69 Å². The van der Waals surface area contributed by atoms with Crippen LogP contribution in [0.1, 0.15) is 46.1 Å². The van der Waals surface area contributed by atoms with Crippen LogP contribution in [0.2, 0.25) is 0 Å².